The molecular formula is C17H23NO4. The van der Waals surface area contributed by atoms with Gasteiger partial charge in [0.1, 0.15) is 18.2 Å². The summed E-state index contributed by atoms with van der Waals surface area (Å²) < 4.78 is 10.7. The number of benzene rings is 1. The average Bonchev–Trinajstić information content (AvgIpc) is 2.93. The zero-order valence-corrected chi connectivity index (χ0v) is 13.4. The van der Waals surface area contributed by atoms with Crippen molar-refractivity contribution in [1.82, 2.24) is 4.90 Å². The molecule has 1 aromatic rings. The SMILES string of the molecule is CC(C)(C)OC(=O)N1CCCC1C(=O)OCc1ccccc1. The predicted molar refractivity (Wildman–Crippen MR) is 82.2 cm³/mol. The van der Waals surface area contributed by atoms with Gasteiger partial charge in [0.25, 0.3) is 0 Å². The van der Waals surface area contributed by atoms with Gasteiger partial charge in [0, 0.05) is 6.54 Å². The van der Waals surface area contributed by atoms with Crippen LogP contribution in [0.5, 0.6) is 0 Å². The molecule has 5 heteroatoms. The minimum atomic E-state index is -0.571. The molecule has 0 bridgehead atoms. The zero-order chi connectivity index (χ0) is 16.2. The number of rotatable bonds is 3. The quantitative estimate of drug-likeness (QED) is 0.805. The summed E-state index contributed by atoms with van der Waals surface area (Å²) in [7, 11) is 0. The molecule has 0 spiro atoms. The molecule has 1 amide bonds. The summed E-state index contributed by atoms with van der Waals surface area (Å²) in [4.78, 5) is 25.8. The summed E-state index contributed by atoms with van der Waals surface area (Å²) in [6.07, 6.45) is 0.948. The van der Waals surface area contributed by atoms with Crippen molar-refractivity contribution >= 4 is 12.1 Å². The molecule has 1 fully saturated rings. The molecule has 120 valence electrons. The van der Waals surface area contributed by atoms with E-state index in [2.05, 4.69) is 0 Å². The lowest BCUT2D eigenvalue weighted by Crippen LogP contribution is -2.44. The number of ether oxygens (including phenoxy) is 2. The molecule has 1 heterocycles. The van der Waals surface area contributed by atoms with Gasteiger partial charge in [0.05, 0.1) is 0 Å². The first-order valence-corrected chi connectivity index (χ1v) is 7.57. The Hall–Kier alpha value is -2.04. The first-order valence-electron chi connectivity index (χ1n) is 7.57. The van der Waals surface area contributed by atoms with Crippen molar-refractivity contribution < 1.29 is 19.1 Å². The Morgan fingerprint density at radius 3 is 2.55 bits per heavy atom. The molecule has 5 nitrogen and oxygen atoms in total. The molecule has 22 heavy (non-hydrogen) atoms. The summed E-state index contributed by atoms with van der Waals surface area (Å²) in [6, 6.07) is 8.95. The van der Waals surface area contributed by atoms with Gasteiger partial charge < -0.3 is 9.47 Å². The number of hydrogen-bond acceptors (Lipinski definition) is 4. The van der Waals surface area contributed by atoms with E-state index in [-0.39, 0.29) is 12.6 Å². The minimum absolute atomic E-state index is 0.221. The first kappa shape index (κ1) is 16.3. The van der Waals surface area contributed by atoms with Gasteiger partial charge in [-0.25, -0.2) is 9.59 Å². The molecular weight excluding hydrogens is 282 g/mol. The van der Waals surface area contributed by atoms with Gasteiger partial charge >= 0.3 is 12.1 Å². The van der Waals surface area contributed by atoms with Crippen LogP contribution in [0.25, 0.3) is 0 Å². The summed E-state index contributed by atoms with van der Waals surface area (Å²) >= 11 is 0. The molecule has 2 rings (SSSR count). The molecule has 1 saturated heterocycles. The van der Waals surface area contributed by atoms with E-state index in [4.69, 9.17) is 9.47 Å². The highest BCUT2D eigenvalue weighted by atomic mass is 16.6. The molecule has 0 saturated carbocycles. The molecule has 1 aliphatic rings. The lowest BCUT2D eigenvalue weighted by molar-refractivity contribution is -0.150. The number of amides is 1. The second-order valence-electron chi connectivity index (χ2n) is 6.43. The summed E-state index contributed by atoms with van der Waals surface area (Å²) in [5, 5.41) is 0. The highest BCUT2D eigenvalue weighted by Crippen LogP contribution is 2.22. The van der Waals surface area contributed by atoms with E-state index >= 15 is 0 Å². The van der Waals surface area contributed by atoms with Crippen LogP contribution in [0.15, 0.2) is 30.3 Å². The molecule has 0 aromatic heterocycles. The maximum atomic E-state index is 12.2. The van der Waals surface area contributed by atoms with Crippen LogP contribution >= 0.6 is 0 Å². The van der Waals surface area contributed by atoms with Crippen LogP contribution in [0.2, 0.25) is 0 Å². The van der Waals surface area contributed by atoms with E-state index in [1.165, 1.54) is 4.90 Å². The normalized spacial score (nSPS) is 18.1. The van der Waals surface area contributed by atoms with E-state index in [9.17, 15) is 9.59 Å². The topological polar surface area (TPSA) is 55.8 Å². The van der Waals surface area contributed by atoms with E-state index in [0.717, 1.165) is 12.0 Å². The third-order valence-corrected chi connectivity index (χ3v) is 3.38. The fraction of sp³-hybridized carbons (Fsp3) is 0.529. The van der Waals surface area contributed by atoms with Crippen molar-refractivity contribution in [2.45, 2.75) is 51.9 Å². The van der Waals surface area contributed by atoms with Crippen molar-refractivity contribution in [3.05, 3.63) is 35.9 Å². The van der Waals surface area contributed by atoms with E-state index in [1.807, 2.05) is 51.1 Å². The van der Waals surface area contributed by atoms with Crippen molar-refractivity contribution in [2.24, 2.45) is 0 Å². The Kier molecular flexibility index (Phi) is 5.06. The second-order valence-corrected chi connectivity index (χ2v) is 6.43. The van der Waals surface area contributed by atoms with Crippen LogP contribution < -0.4 is 0 Å². The number of nitrogens with zero attached hydrogens (tertiary/aromatic N) is 1. The van der Waals surface area contributed by atoms with Crippen LogP contribution in [-0.2, 0) is 20.9 Å². The largest absolute Gasteiger partial charge is 0.459 e. The van der Waals surface area contributed by atoms with E-state index < -0.39 is 17.7 Å². The molecule has 1 aromatic carbocycles. The fourth-order valence-electron chi connectivity index (χ4n) is 2.38. The standard InChI is InChI=1S/C17H23NO4/c1-17(2,3)22-16(20)18-11-7-10-14(18)15(19)21-12-13-8-5-4-6-9-13/h4-6,8-9,14H,7,10-12H2,1-3H3. The lowest BCUT2D eigenvalue weighted by atomic mass is 10.2. The van der Waals surface area contributed by atoms with Gasteiger partial charge in [-0.2, -0.15) is 0 Å². The van der Waals surface area contributed by atoms with Crippen LogP contribution in [-0.4, -0.2) is 35.2 Å². The summed E-state index contributed by atoms with van der Waals surface area (Å²) in [6.45, 7) is 6.18. The highest BCUT2D eigenvalue weighted by molar-refractivity contribution is 5.82. The van der Waals surface area contributed by atoms with Gasteiger partial charge in [-0.15, -0.1) is 0 Å². The number of carbonyl (C=O) groups is 2. The Morgan fingerprint density at radius 2 is 1.91 bits per heavy atom. The van der Waals surface area contributed by atoms with Crippen molar-refractivity contribution in [2.75, 3.05) is 6.54 Å². The lowest BCUT2D eigenvalue weighted by Gasteiger charge is -2.27. The molecule has 1 unspecified atom stereocenters. The summed E-state index contributed by atoms with van der Waals surface area (Å²) in [5.41, 5.74) is 0.357. The maximum Gasteiger partial charge on any atom is 0.411 e. The third-order valence-electron chi connectivity index (χ3n) is 3.38. The van der Waals surface area contributed by atoms with Gasteiger partial charge in [-0.05, 0) is 39.2 Å². The Labute approximate surface area is 131 Å². The number of hydrogen-bond donors (Lipinski definition) is 0. The van der Waals surface area contributed by atoms with Crippen LogP contribution in [0.3, 0.4) is 0 Å². The van der Waals surface area contributed by atoms with E-state index in [0.29, 0.717) is 13.0 Å². The monoisotopic (exact) mass is 305 g/mol. The number of carbonyl (C=O) groups excluding carboxylic acids is 2. The number of esters is 1. The Balaban J connectivity index is 1.92. The number of likely N-dealkylation sites (tertiary alicyclic amines) is 1. The second kappa shape index (κ2) is 6.81. The predicted octanol–water partition coefficient (Wildman–Crippen LogP) is 3.13. The van der Waals surface area contributed by atoms with Gasteiger partial charge in [0.15, 0.2) is 0 Å². The molecule has 0 aliphatic carbocycles. The van der Waals surface area contributed by atoms with Crippen molar-refractivity contribution in [3.63, 3.8) is 0 Å². The molecule has 0 N–H and O–H groups in total. The van der Waals surface area contributed by atoms with Crippen LogP contribution in [0.4, 0.5) is 4.79 Å². The fourth-order valence-corrected chi connectivity index (χ4v) is 2.38. The smallest absolute Gasteiger partial charge is 0.411 e. The van der Waals surface area contributed by atoms with Crippen molar-refractivity contribution in [3.8, 4) is 0 Å². The summed E-state index contributed by atoms with van der Waals surface area (Å²) in [5.74, 6) is -0.368. The highest BCUT2D eigenvalue weighted by Gasteiger charge is 2.37. The van der Waals surface area contributed by atoms with Crippen LogP contribution in [0, 0.1) is 0 Å². The zero-order valence-electron chi connectivity index (χ0n) is 13.4. The van der Waals surface area contributed by atoms with Gasteiger partial charge in [-0.1, -0.05) is 30.3 Å². The molecule has 0 radical (unpaired) electrons. The Bertz CT molecular complexity index is 521. The maximum absolute atomic E-state index is 12.2. The average molecular weight is 305 g/mol. The van der Waals surface area contributed by atoms with Crippen molar-refractivity contribution in [1.29, 1.82) is 0 Å². The van der Waals surface area contributed by atoms with E-state index in [1.54, 1.807) is 0 Å². The first-order chi connectivity index (χ1) is 10.4. The van der Waals surface area contributed by atoms with Gasteiger partial charge in [-0.3, -0.25) is 4.90 Å². The Morgan fingerprint density at radius 1 is 1.23 bits per heavy atom. The van der Waals surface area contributed by atoms with Crippen LogP contribution in [0.1, 0.15) is 39.2 Å². The minimum Gasteiger partial charge on any atom is -0.459 e. The third kappa shape index (κ3) is 4.48. The van der Waals surface area contributed by atoms with Gasteiger partial charge in [0.2, 0.25) is 0 Å². The molecule has 1 aliphatic heterocycles. The molecule has 1 atom stereocenters.